The molecule has 13 heavy (non-hydrogen) atoms. The van der Waals surface area contributed by atoms with Gasteiger partial charge in [0.1, 0.15) is 5.76 Å². The van der Waals surface area contributed by atoms with E-state index in [-0.39, 0.29) is 0 Å². The highest BCUT2D eigenvalue weighted by Gasteiger charge is 2.13. The Kier molecular flexibility index (Phi) is 3.05. The third-order valence-corrected chi connectivity index (χ3v) is 4.04. The minimum absolute atomic E-state index is 0.884. The van der Waals surface area contributed by atoms with Gasteiger partial charge in [0.15, 0.2) is 5.82 Å². The van der Waals surface area contributed by atoms with E-state index in [1.165, 1.54) is 11.5 Å². The zero-order valence-electron chi connectivity index (χ0n) is 7.52. The number of rotatable bonds is 1. The molecule has 0 bridgehead atoms. The second-order valence-electron chi connectivity index (χ2n) is 2.91. The summed E-state index contributed by atoms with van der Waals surface area (Å²) in [4.78, 5) is 2.25. The summed E-state index contributed by atoms with van der Waals surface area (Å²) in [6.45, 7) is 1.93. The Morgan fingerprint density at radius 2 is 2.08 bits per heavy atom. The molecule has 2 heterocycles. The van der Waals surface area contributed by atoms with Crippen molar-refractivity contribution in [1.82, 2.24) is 5.16 Å². The first kappa shape index (κ1) is 9.27. The maximum absolute atomic E-state index is 5.05. The van der Waals surface area contributed by atoms with Gasteiger partial charge in [-0.05, 0) is 6.92 Å². The van der Waals surface area contributed by atoms with Gasteiger partial charge in [-0.15, -0.1) is 23.5 Å². The van der Waals surface area contributed by atoms with Crippen LogP contribution in [0.3, 0.4) is 0 Å². The molecule has 0 spiro atoms. The predicted octanol–water partition coefficient (Wildman–Crippen LogP) is 2.18. The van der Waals surface area contributed by atoms with Gasteiger partial charge in [-0.25, -0.2) is 0 Å². The van der Waals surface area contributed by atoms with Crippen LogP contribution < -0.4 is 4.90 Å². The summed E-state index contributed by atoms with van der Waals surface area (Å²) < 4.78 is 5.05. The molecule has 1 aromatic rings. The predicted molar refractivity (Wildman–Crippen MR) is 58.4 cm³/mol. The number of nitrogens with zero attached hydrogens (tertiary/aromatic N) is 2. The summed E-state index contributed by atoms with van der Waals surface area (Å²) in [6.07, 6.45) is 0. The molecule has 1 aliphatic heterocycles. The number of hydrogen-bond donors (Lipinski definition) is 0. The molecule has 0 unspecified atom stereocenters. The standard InChI is InChI=1S/C8H12N2OS2/c1-7-4-8(9-11-7)10-5-12-2-3-13-6-10/h4H,2-3,5-6H2,1H3. The van der Waals surface area contributed by atoms with Gasteiger partial charge in [0, 0.05) is 17.6 Å². The van der Waals surface area contributed by atoms with Crippen LogP contribution in [0.15, 0.2) is 10.6 Å². The van der Waals surface area contributed by atoms with Gasteiger partial charge in [0.2, 0.25) is 0 Å². The van der Waals surface area contributed by atoms with Crippen molar-refractivity contribution in [2.75, 3.05) is 28.2 Å². The number of hydrogen-bond acceptors (Lipinski definition) is 5. The molecule has 1 fully saturated rings. The molecule has 2 rings (SSSR count). The summed E-state index contributed by atoms with van der Waals surface area (Å²) in [5.41, 5.74) is 0. The van der Waals surface area contributed by atoms with E-state index >= 15 is 0 Å². The fourth-order valence-electron chi connectivity index (χ4n) is 1.14. The first-order chi connectivity index (χ1) is 6.36. The molecular weight excluding hydrogens is 204 g/mol. The average molecular weight is 216 g/mol. The van der Waals surface area contributed by atoms with E-state index in [0.717, 1.165) is 23.3 Å². The topological polar surface area (TPSA) is 29.3 Å². The Morgan fingerprint density at radius 1 is 1.38 bits per heavy atom. The molecule has 0 atom stereocenters. The van der Waals surface area contributed by atoms with Crippen molar-refractivity contribution >= 4 is 29.3 Å². The van der Waals surface area contributed by atoms with Crippen LogP contribution in [0, 0.1) is 6.92 Å². The molecule has 72 valence electrons. The third-order valence-electron chi connectivity index (χ3n) is 1.81. The third kappa shape index (κ3) is 2.34. The van der Waals surface area contributed by atoms with E-state index in [9.17, 15) is 0 Å². The van der Waals surface area contributed by atoms with Crippen LogP contribution in [0.5, 0.6) is 0 Å². The number of aryl methyl sites for hydroxylation is 1. The maximum atomic E-state index is 5.05. The Balaban J connectivity index is 2.06. The van der Waals surface area contributed by atoms with Gasteiger partial charge in [-0.1, -0.05) is 5.16 Å². The smallest absolute Gasteiger partial charge is 0.173 e. The van der Waals surface area contributed by atoms with Crippen LogP contribution >= 0.6 is 23.5 Å². The number of aromatic nitrogens is 1. The highest BCUT2D eigenvalue weighted by Crippen LogP contribution is 2.23. The molecule has 0 aromatic carbocycles. The van der Waals surface area contributed by atoms with Gasteiger partial charge in [0.05, 0.1) is 11.8 Å². The van der Waals surface area contributed by atoms with Crippen molar-refractivity contribution in [3.8, 4) is 0 Å². The first-order valence-electron chi connectivity index (χ1n) is 4.20. The highest BCUT2D eigenvalue weighted by atomic mass is 32.2. The fourth-order valence-corrected chi connectivity index (χ4v) is 3.34. The fraction of sp³-hybridized carbons (Fsp3) is 0.625. The molecule has 1 aliphatic rings. The highest BCUT2D eigenvalue weighted by molar-refractivity contribution is 8.03. The van der Waals surface area contributed by atoms with Crippen LogP contribution in [0.1, 0.15) is 5.76 Å². The summed E-state index contributed by atoms with van der Waals surface area (Å²) in [5.74, 6) is 6.38. The Labute approximate surface area is 86.2 Å². The molecule has 1 aromatic heterocycles. The largest absolute Gasteiger partial charge is 0.360 e. The lowest BCUT2D eigenvalue weighted by atomic mass is 10.5. The summed E-state index contributed by atoms with van der Waals surface area (Å²) in [5, 5.41) is 4.01. The zero-order chi connectivity index (χ0) is 9.10. The van der Waals surface area contributed by atoms with Crippen molar-refractivity contribution in [2.45, 2.75) is 6.92 Å². The average Bonchev–Trinajstić information content (AvgIpc) is 2.43. The van der Waals surface area contributed by atoms with Crippen molar-refractivity contribution in [3.05, 3.63) is 11.8 Å². The zero-order valence-corrected chi connectivity index (χ0v) is 9.16. The van der Waals surface area contributed by atoms with Gasteiger partial charge >= 0.3 is 0 Å². The van der Waals surface area contributed by atoms with Crippen molar-refractivity contribution < 1.29 is 4.52 Å². The lowest BCUT2D eigenvalue weighted by Gasteiger charge is -2.16. The van der Waals surface area contributed by atoms with Crippen LogP contribution in [0.4, 0.5) is 5.82 Å². The molecule has 5 heteroatoms. The van der Waals surface area contributed by atoms with Crippen LogP contribution in [-0.2, 0) is 0 Å². The molecule has 0 saturated carbocycles. The van der Waals surface area contributed by atoms with E-state index in [0.29, 0.717) is 0 Å². The number of anilines is 1. The minimum atomic E-state index is 0.884. The summed E-state index contributed by atoms with van der Waals surface area (Å²) >= 11 is 3.90. The molecule has 1 saturated heterocycles. The lowest BCUT2D eigenvalue weighted by Crippen LogP contribution is -2.20. The van der Waals surface area contributed by atoms with Crippen LogP contribution in [0.25, 0.3) is 0 Å². The van der Waals surface area contributed by atoms with Gasteiger partial charge < -0.3 is 9.42 Å². The van der Waals surface area contributed by atoms with Crippen LogP contribution in [0.2, 0.25) is 0 Å². The van der Waals surface area contributed by atoms with Gasteiger partial charge in [0.25, 0.3) is 0 Å². The molecular formula is C8H12N2OS2. The second kappa shape index (κ2) is 4.28. The van der Waals surface area contributed by atoms with Gasteiger partial charge in [-0.2, -0.15) is 0 Å². The SMILES string of the molecule is Cc1cc(N2CSCCSC2)no1. The summed E-state index contributed by atoms with van der Waals surface area (Å²) in [7, 11) is 0. The van der Waals surface area contributed by atoms with E-state index in [1.54, 1.807) is 0 Å². The second-order valence-corrected chi connectivity index (χ2v) is 5.06. The van der Waals surface area contributed by atoms with E-state index in [2.05, 4.69) is 10.1 Å². The van der Waals surface area contributed by atoms with Crippen molar-refractivity contribution in [1.29, 1.82) is 0 Å². The van der Waals surface area contributed by atoms with Crippen LogP contribution in [-0.4, -0.2) is 28.4 Å². The first-order valence-corrected chi connectivity index (χ1v) is 6.51. The Hall–Kier alpha value is -0.290. The quantitative estimate of drug-likeness (QED) is 0.718. The monoisotopic (exact) mass is 216 g/mol. The maximum Gasteiger partial charge on any atom is 0.173 e. The lowest BCUT2D eigenvalue weighted by molar-refractivity contribution is 0.398. The Morgan fingerprint density at radius 3 is 2.62 bits per heavy atom. The van der Waals surface area contributed by atoms with Crippen molar-refractivity contribution in [3.63, 3.8) is 0 Å². The number of thioether (sulfide) groups is 2. The van der Waals surface area contributed by atoms with Gasteiger partial charge in [-0.3, -0.25) is 0 Å². The Bertz CT molecular complexity index is 269. The molecule has 3 nitrogen and oxygen atoms in total. The normalized spacial score (nSPS) is 18.7. The molecule has 0 N–H and O–H groups in total. The van der Waals surface area contributed by atoms with E-state index < -0.39 is 0 Å². The minimum Gasteiger partial charge on any atom is -0.360 e. The molecule has 0 radical (unpaired) electrons. The van der Waals surface area contributed by atoms with E-state index in [4.69, 9.17) is 4.52 Å². The molecule has 0 amide bonds. The van der Waals surface area contributed by atoms with E-state index in [1.807, 2.05) is 36.5 Å². The molecule has 0 aliphatic carbocycles. The van der Waals surface area contributed by atoms with Crippen molar-refractivity contribution in [2.24, 2.45) is 0 Å². The summed E-state index contributed by atoms with van der Waals surface area (Å²) in [6, 6.07) is 1.99.